The fourth-order valence-corrected chi connectivity index (χ4v) is 12.5. The van der Waals surface area contributed by atoms with Crippen molar-refractivity contribution in [1.82, 2.24) is 24.7 Å². The molecule has 5 amide bonds. The molecule has 5 rings (SSSR count). The van der Waals surface area contributed by atoms with E-state index in [-0.39, 0.29) is 84.9 Å². The van der Waals surface area contributed by atoms with E-state index < -0.39 is 77.7 Å². The molecule has 2 aromatic rings. The lowest BCUT2D eigenvalue weighted by atomic mass is 9.79. The molecule has 9 atom stereocenters. The van der Waals surface area contributed by atoms with E-state index in [4.69, 9.17) is 20.0 Å². The van der Waals surface area contributed by atoms with Gasteiger partial charge in [0, 0.05) is 101 Å². The fourth-order valence-electron chi connectivity index (χ4n) is 12.5. The number of benzene rings is 1. The molecule has 0 bridgehead atoms. The zero-order valence-electron chi connectivity index (χ0n) is 47.9. The number of nitrogens with zero attached hydrogens (tertiary/aromatic N) is 4. The van der Waals surface area contributed by atoms with Crippen LogP contribution in [0.4, 0.5) is 0 Å². The maximum Gasteiger partial charge on any atom is 0.336 e. The van der Waals surface area contributed by atoms with Crippen LogP contribution in [0.25, 0.3) is 10.9 Å². The van der Waals surface area contributed by atoms with Gasteiger partial charge in [0.15, 0.2) is 5.78 Å². The minimum atomic E-state index is -0.729. The molecule has 3 heterocycles. The third-order valence-electron chi connectivity index (χ3n) is 17.2. The van der Waals surface area contributed by atoms with E-state index in [2.05, 4.69) is 4.98 Å². The van der Waals surface area contributed by atoms with E-state index >= 15 is 0 Å². The highest BCUT2D eigenvalue weighted by Gasteiger charge is 2.44. The van der Waals surface area contributed by atoms with Gasteiger partial charge in [-0.15, -0.1) is 5.06 Å². The number of methoxy groups -OCH3 is 2. The summed E-state index contributed by atoms with van der Waals surface area (Å²) in [7, 11) is 6.72. The van der Waals surface area contributed by atoms with Gasteiger partial charge in [-0.2, -0.15) is 0 Å². The smallest absolute Gasteiger partial charge is 0.336 e. The predicted octanol–water partition coefficient (Wildman–Crippen LogP) is 7.03. The quantitative estimate of drug-likeness (QED) is 0.0723. The van der Waals surface area contributed by atoms with E-state index in [1.165, 1.54) is 0 Å². The Morgan fingerprint density at radius 2 is 1.49 bits per heavy atom. The monoisotopic (exact) mass is 1070 g/mol. The minimum Gasteiger partial charge on any atom is -0.379 e. The summed E-state index contributed by atoms with van der Waals surface area (Å²) >= 11 is 0. The number of hydrogen-bond acceptors (Lipinski definition) is 13. The van der Waals surface area contributed by atoms with Crippen LogP contribution in [0.2, 0.25) is 0 Å². The van der Waals surface area contributed by atoms with Crippen LogP contribution < -0.4 is 5.73 Å². The number of ether oxygens (including phenoxy) is 2. The molecule has 1 aromatic carbocycles. The summed E-state index contributed by atoms with van der Waals surface area (Å²) in [6, 6.07) is 6.36. The summed E-state index contributed by atoms with van der Waals surface area (Å²) in [6.45, 7) is 14.7. The molecule has 18 nitrogen and oxygen atoms in total. The first kappa shape index (κ1) is 62.5. The van der Waals surface area contributed by atoms with Gasteiger partial charge in [0.2, 0.25) is 17.7 Å². The number of hydroxylamine groups is 2. The second-order valence-electron chi connectivity index (χ2n) is 23.2. The zero-order chi connectivity index (χ0) is 56.8. The van der Waals surface area contributed by atoms with Gasteiger partial charge in [0.05, 0.1) is 42.7 Å². The molecular formula is C59H90N6O12. The lowest BCUT2D eigenvalue weighted by Crippen LogP contribution is -2.54. The first-order valence-electron chi connectivity index (χ1n) is 28.3. The number of imide groups is 1. The van der Waals surface area contributed by atoms with E-state index in [1.54, 1.807) is 38.0 Å². The van der Waals surface area contributed by atoms with Crippen molar-refractivity contribution in [3.05, 3.63) is 36.0 Å². The Kier molecular flexibility index (Phi) is 23.6. The van der Waals surface area contributed by atoms with Gasteiger partial charge in [-0.1, -0.05) is 73.1 Å². The number of carbonyl (C=O) groups excluding carboxylic acids is 9. The van der Waals surface area contributed by atoms with Gasteiger partial charge >= 0.3 is 5.97 Å². The normalized spacial score (nSPS) is 21.2. The molecular weight excluding hydrogens is 985 g/mol. The number of likely N-dealkylation sites (N-methyl/N-ethyl adjacent to an activating group) is 2. The average molecular weight is 1080 g/mol. The van der Waals surface area contributed by atoms with Crippen molar-refractivity contribution in [3.63, 3.8) is 0 Å². The lowest BCUT2D eigenvalue weighted by Gasteiger charge is -2.41. The maximum absolute atomic E-state index is 14.8. The third-order valence-corrected chi connectivity index (χ3v) is 17.2. The van der Waals surface area contributed by atoms with Crippen molar-refractivity contribution in [2.24, 2.45) is 53.1 Å². The number of nitrogens with two attached hydrogens (primary N) is 1. The molecule has 0 radical (unpaired) electrons. The Labute approximate surface area is 456 Å². The van der Waals surface area contributed by atoms with Gasteiger partial charge in [-0.25, -0.2) is 4.79 Å². The van der Waals surface area contributed by atoms with Gasteiger partial charge in [-0.3, -0.25) is 43.3 Å². The van der Waals surface area contributed by atoms with Crippen molar-refractivity contribution in [2.75, 3.05) is 41.4 Å². The molecule has 0 spiro atoms. The SMILES string of the molecule is CC[C@H](C)[C@@H]([C@@H](CC(=O)N1CCC[C@H]1[C@H](OC)[C@@H](C)C(=O)C[C@@H](Cc1c[nH]c2ccccc12)C(N)=O)OC)N(C)C(=O)[C@@H](CC(=O)[C@H](C(C)C)N(C)CCCC(=O)CC1CCC(C(=O)ON2C(=O)CCC2=O)CC1)C(C)C. The number of ketones is 3. The van der Waals surface area contributed by atoms with Gasteiger partial charge < -0.3 is 34.8 Å². The summed E-state index contributed by atoms with van der Waals surface area (Å²) in [5.41, 5.74) is 7.72. The number of likely N-dealkylation sites (tertiary alicyclic amines) is 1. The molecule has 3 aliphatic rings. The van der Waals surface area contributed by atoms with E-state index in [9.17, 15) is 43.2 Å². The van der Waals surface area contributed by atoms with Crippen LogP contribution in [0, 0.1) is 47.3 Å². The van der Waals surface area contributed by atoms with Crippen molar-refractivity contribution in [1.29, 1.82) is 0 Å². The number of amides is 5. The summed E-state index contributed by atoms with van der Waals surface area (Å²) in [5.74, 6) is -5.27. The number of aromatic nitrogens is 1. The summed E-state index contributed by atoms with van der Waals surface area (Å²) in [4.78, 5) is 134. The number of hydrogen-bond donors (Lipinski definition) is 2. The zero-order valence-corrected chi connectivity index (χ0v) is 47.9. The minimum absolute atomic E-state index is 0.0195. The van der Waals surface area contributed by atoms with E-state index in [1.807, 2.05) is 84.0 Å². The molecule has 77 heavy (non-hydrogen) atoms. The highest BCUT2D eigenvalue weighted by molar-refractivity contribution is 6.01. The van der Waals surface area contributed by atoms with Gasteiger partial charge in [0.1, 0.15) is 11.6 Å². The largest absolute Gasteiger partial charge is 0.379 e. The Balaban J connectivity index is 1.16. The molecule has 3 fully saturated rings. The number of primary amides is 1. The molecule has 428 valence electrons. The lowest BCUT2D eigenvalue weighted by molar-refractivity contribution is -0.201. The van der Waals surface area contributed by atoms with Crippen LogP contribution in [0.1, 0.15) is 150 Å². The standard InChI is InChI=1S/C59H90N6O12/c1-12-37(6)55(50(75-10)33-53(71)64-28-16-20-47(64)56(76-11)38(7)48(67)31-41(57(60)72)30-42-34-61-46-19-14-13-18-44(42)46)63(9)58(73)45(35(2)3)32-49(68)54(36(4)5)62(8)27-15-17-43(66)29-39-21-23-40(24-22-39)59(74)77-65-51(69)25-26-52(65)70/h13-14,18-19,34-41,45,47,50,54-56,61H,12,15-17,20-33H2,1-11H3,(H2,60,72)/t37-,38-,39?,40?,41+,45-,47-,50+,54-,55-,56+/m0/s1. The van der Waals surface area contributed by atoms with E-state index in [0.29, 0.717) is 88.8 Å². The molecule has 18 heteroatoms. The van der Waals surface area contributed by atoms with Crippen molar-refractivity contribution >= 4 is 63.8 Å². The highest BCUT2D eigenvalue weighted by atomic mass is 16.7. The highest BCUT2D eigenvalue weighted by Crippen LogP contribution is 2.35. The molecule has 0 unspecified atom stereocenters. The molecule has 1 saturated carbocycles. The molecule has 1 aromatic heterocycles. The number of H-pyrrole nitrogens is 1. The Morgan fingerprint density at radius 1 is 0.831 bits per heavy atom. The summed E-state index contributed by atoms with van der Waals surface area (Å²) in [6.07, 6.45) is 6.54. The first-order valence-corrected chi connectivity index (χ1v) is 28.3. The molecule has 3 N–H and O–H groups in total. The van der Waals surface area contributed by atoms with Crippen LogP contribution >= 0.6 is 0 Å². The Hall–Kier alpha value is -5.33. The average Bonchev–Trinajstić information content (AvgIpc) is 4.14. The number of rotatable bonds is 31. The second kappa shape index (κ2) is 29.0. The molecule has 1 aliphatic carbocycles. The van der Waals surface area contributed by atoms with Crippen LogP contribution in [0.3, 0.4) is 0 Å². The maximum atomic E-state index is 14.8. The summed E-state index contributed by atoms with van der Waals surface area (Å²) in [5, 5.41) is 1.55. The third kappa shape index (κ3) is 16.1. The van der Waals surface area contributed by atoms with Gasteiger partial charge in [0.25, 0.3) is 11.8 Å². The number of aromatic amines is 1. The van der Waals surface area contributed by atoms with Crippen molar-refractivity contribution in [3.8, 4) is 0 Å². The number of para-hydroxylation sites is 1. The molecule has 2 aliphatic heterocycles. The van der Waals surface area contributed by atoms with Crippen LogP contribution in [0.15, 0.2) is 30.5 Å². The van der Waals surface area contributed by atoms with Crippen LogP contribution in [0.5, 0.6) is 0 Å². The van der Waals surface area contributed by atoms with E-state index in [0.717, 1.165) is 16.5 Å². The Morgan fingerprint density at radius 3 is 2.09 bits per heavy atom. The second-order valence-corrected chi connectivity index (χ2v) is 23.2. The number of fused-ring (bicyclic) bond motifs is 1. The topological polar surface area (TPSA) is 236 Å². The number of Topliss-reactive ketones (excluding diaryl/α,β-unsaturated/α-hetero) is 3. The first-order chi connectivity index (χ1) is 36.5. The van der Waals surface area contributed by atoms with Crippen molar-refractivity contribution in [2.45, 2.75) is 182 Å². The molecule has 2 saturated heterocycles. The van der Waals surface area contributed by atoms with Gasteiger partial charge in [-0.05, 0) is 100 Å². The van der Waals surface area contributed by atoms with Crippen molar-refractivity contribution < 1.29 is 57.5 Å². The number of carbonyl (C=O) groups is 9. The van der Waals surface area contributed by atoms with Crippen LogP contribution in [-0.2, 0) is 63.9 Å². The predicted molar refractivity (Wildman–Crippen MR) is 291 cm³/mol. The summed E-state index contributed by atoms with van der Waals surface area (Å²) < 4.78 is 12.2. The Bertz CT molecular complexity index is 2360. The van der Waals surface area contributed by atoms with Crippen LogP contribution in [-0.4, -0.2) is 149 Å². The fraction of sp³-hybridized carbons (Fsp3) is 0.712. The number of nitrogens with one attached hydrogen (secondary N) is 1.